The molecule has 4 heteroatoms. The zero-order valence-electron chi connectivity index (χ0n) is 10.3. The maximum Gasteiger partial charge on any atom is 0.270 e. The van der Waals surface area contributed by atoms with E-state index in [2.05, 4.69) is 16.9 Å². The summed E-state index contributed by atoms with van der Waals surface area (Å²) in [5.41, 5.74) is 1.19. The Balaban J connectivity index is 3.22. The van der Waals surface area contributed by atoms with Gasteiger partial charge in [0.2, 0.25) is 0 Å². The number of nitrogens with zero attached hydrogens (tertiary/aromatic N) is 1. The molecule has 1 rings (SSSR count). The van der Waals surface area contributed by atoms with E-state index in [4.69, 9.17) is 11.6 Å². The molecule has 1 heterocycles. The molecule has 0 saturated carbocycles. The summed E-state index contributed by atoms with van der Waals surface area (Å²) in [6.45, 7) is 8.10. The summed E-state index contributed by atoms with van der Waals surface area (Å²) in [5, 5.41) is 0.434. The lowest BCUT2D eigenvalue weighted by atomic mass is 10.0. The van der Waals surface area contributed by atoms with Crippen molar-refractivity contribution in [1.82, 2.24) is 9.97 Å². The van der Waals surface area contributed by atoms with Crippen LogP contribution in [0.25, 0.3) is 0 Å². The van der Waals surface area contributed by atoms with E-state index >= 15 is 0 Å². The molecule has 3 nitrogen and oxygen atoms in total. The van der Waals surface area contributed by atoms with Crippen LogP contribution in [0.5, 0.6) is 0 Å². The molecule has 0 fully saturated rings. The predicted octanol–water partition coefficient (Wildman–Crippen LogP) is 3.45. The van der Waals surface area contributed by atoms with E-state index in [9.17, 15) is 4.79 Å². The molecule has 0 radical (unpaired) electrons. The van der Waals surface area contributed by atoms with Crippen molar-refractivity contribution in [3.8, 4) is 0 Å². The molecule has 0 bridgehead atoms. The molecule has 16 heavy (non-hydrogen) atoms. The van der Waals surface area contributed by atoms with Gasteiger partial charge in [-0.2, -0.15) is 0 Å². The van der Waals surface area contributed by atoms with E-state index in [1.54, 1.807) is 0 Å². The Bertz CT molecular complexity index is 414. The minimum absolute atomic E-state index is 0.103. The van der Waals surface area contributed by atoms with Crippen LogP contribution in [0.4, 0.5) is 0 Å². The van der Waals surface area contributed by atoms with E-state index in [1.165, 1.54) is 0 Å². The molecule has 0 aliphatic carbocycles. The average Bonchev–Trinajstić information content (AvgIpc) is 2.29. The Morgan fingerprint density at radius 3 is 2.31 bits per heavy atom. The first-order valence-corrected chi connectivity index (χ1v) is 6.18. The molecule has 0 spiro atoms. The highest BCUT2D eigenvalue weighted by molar-refractivity contribution is 6.30. The third-order valence-electron chi connectivity index (χ3n) is 3.11. The molecule has 0 amide bonds. The van der Waals surface area contributed by atoms with Crippen molar-refractivity contribution in [2.45, 2.75) is 52.4 Å². The van der Waals surface area contributed by atoms with Gasteiger partial charge in [0.1, 0.15) is 10.8 Å². The number of aromatic nitrogens is 2. The molecule has 0 aromatic carbocycles. The number of aromatic amines is 1. The molecular formula is C12H19ClN2O. The number of hydrogen-bond donors (Lipinski definition) is 1. The van der Waals surface area contributed by atoms with Gasteiger partial charge in [-0.3, -0.25) is 4.79 Å². The van der Waals surface area contributed by atoms with Gasteiger partial charge in [0, 0.05) is 5.92 Å². The van der Waals surface area contributed by atoms with Crippen molar-refractivity contribution in [2.24, 2.45) is 0 Å². The second kappa shape index (κ2) is 5.48. The van der Waals surface area contributed by atoms with Crippen LogP contribution in [0.1, 0.15) is 63.8 Å². The molecular weight excluding hydrogens is 224 g/mol. The summed E-state index contributed by atoms with van der Waals surface area (Å²) >= 11 is 6.09. The fourth-order valence-corrected chi connectivity index (χ4v) is 1.84. The third-order valence-corrected chi connectivity index (χ3v) is 3.39. The fraction of sp³-hybridized carbons (Fsp3) is 0.667. The standard InChI is InChI=1S/C12H19ClN2O/c1-5-7(3)9-11(13)14-10(8(4)6-2)12(16)15-9/h7-8H,5-6H2,1-4H3,(H,15,16). The monoisotopic (exact) mass is 242 g/mol. The first-order valence-electron chi connectivity index (χ1n) is 5.80. The molecule has 1 N–H and O–H groups in total. The van der Waals surface area contributed by atoms with Crippen LogP contribution in [0.2, 0.25) is 5.15 Å². The Morgan fingerprint density at radius 2 is 1.81 bits per heavy atom. The van der Waals surface area contributed by atoms with Crippen LogP contribution in [-0.4, -0.2) is 9.97 Å². The van der Waals surface area contributed by atoms with Gasteiger partial charge in [0.15, 0.2) is 0 Å². The predicted molar refractivity (Wildman–Crippen MR) is 67.3 cm³/mol. The Morgan fingerprint density at radius 1 is 1.25 bits per heavy atom. The first-order chi connectivity index (χ1) is 7.51. The topological polar surface area (TPSA) is 45.8 Å². The van der Waals surface area contributed by atoms with Gasteiger partial charge < -0.3 is 4.98 Å². The highest BCUT2D eigenvalue weighted by atomic mass is 35.5. The number of H-pyrrole nitrogens is 1. The van der Waals surface area contributed by atoms with Crippen molar-refractivity contribution in [1.29, 1.82) is 0 Å². The van der Waals surface area contributed by atoms with Gasteiger partial charge in [0.05, 0.1) is 5.69 Å². The second-order valence-corrected chi connectivity index (χ2v) is 4.63. The molecule has 1 aromatic rings. The van der Waals surface area contributed by atoms with E-state index in [0.717, 1.165) is 18.5 Å². The first kappa shape index (κ1) is 13.2. The van der Waals surface area contributed by atoms with Crippen LogP contribution >= 0.6 is 11.6 Å². The van der Waals surface area contributed by atoms with Crippen molar-refractivity contribution in [3.05, 3.63) is 26.9 Å². The van der Waals surface area contributed by atoms with E-state index in [0.29, 0.717) is 10.8 Å². The number of nitrogens with one attached hydrogen (secondary N) is 1. The fourth-order valence-electron chi connectivity index (χ4n) is 1.51. The highest BCUT2D eigenvalue weighted by Crippen LogP contribution is 2.23. The molecule has 90 valence electrons. The smallest absolute Gasteiger partial charge is 0.270 e. The Labute approximate surface area is 101 Å². The van der Waals surface area contributed by atoms with Gasteiger partial charge in [-0.15, -0.1) is 0 Å². The van der Waals surface area contributed by atoms with Gasteiger partial charge >= 0.3 is 0 Å². The number of hydrogen-bond acceptors (Lipinski definition) is 2. The van der Waals surface area contributed by atoms with Gasteiger partial charge in [-0.05, 0) is 18.8 Å². The van der Waals surface area contributed by atoms with Crippen molar-refractivity contribution < 1.29 is 0 Å². The summed E-state index contributed by atoms with van der Waals surface area (Å²) in [6, 6.07) is 0. The summed E-state index contributed by atoms with van der Waals surface area (Å²) in [7, 11) is 0. The number of halogens is 1. The lowest BCUT2D eigenvalue weighted by molar-refractivity contribution is 0.663. The van der Waals surface area contributed by atoms with Crippen molar-refractivity contribution in [2.75, 3.05) is 0 Å². The molecule has 0 saturated heterocycles. The summed E-state index contributed by atoms with van der Waals surface area (Å²) in [6.07, 6.45) is 1.81. The van der Waals surface area contributed by atoms with E-state index < -0.39 is 0 Å². The highest BCUT2D eigenvalue weighted by Gasteiger charge is 2.16. The Hall–Kier alpha value is -0.830. The quantitative estimate of drug-likeness (QED) is 0.879. The lowest BCUT2D eigenvalue weighted by Gasteiger charge is -2.13. The normalized spacial score (nSPS) is 14.8. The van der Waals surface area contributed by atoms with Gasteiger partial charge in [-0.25, -0.2) is 4.98 Å². The molecule has 0 aliphatic heterocycles. The van der Waals surface area contributed by atoms with Crippen molar-refractivity contribution in [3.63, 3.8) is 0 Å². The van der Waals surface area contributed by atoms with E-state index in [1.807, 2.05) is 20.8 Å². The van der Waals surface area contributed by atoms with Gasteiger partial charge in [-0.1, -0.05) is 39.3 Å². The maximum atomic E-state index is 11.8. The largest absolute Gasteiger partial charge is 0.321 e. The minimum atomic E-state index is -0.103. The minimum Gasteiger partial charge on any atom is -0.321 e. The van der Waals surface area contributed by atoms with Crippen LogP contribution in [0.3, 0.4) is 0 Å². The van der Waals surface area contributed by atoms with Crippen LogP contribution in [-0.2, 0) is 0 Å². The Kier molecular flexibility index (Phi) is 4.54. The summed E-state index contributed by atoms with van der Waals surface area (Å²) < 4.78 is 0. The maximum absolute atomic E-state index is 11.8. The average molecular weight is 243 g/mol. The summed E-state index contributed by atoms with van der Waals surface area (Å²) in [5.74, 6) is 0.380. The summed E-state index contributed by atoms with van der Waals surface area (Å²) in [4.78, 5) is 18.9. The lowest BCUT2D eigenvalue weighted by Crippen LogP contribution is -2.20. The van der Waals surface area contributed by atoms with Crippen LogP contribution in [0, 0.1) is 0 Å². The molecule has 0 aliphatic rings. The number of rotatable bonds is 4. The second-order valence-electron chi connectivity index (χ2n) is 4.27. The molecule has 2 atom stereocenters. The third kappa shape index (κ3) is 2.64. The van der Waals surface area contributed by atoms with Crippen LogP contribution in [0.15, 0.2) is 4.79 Å². The molecule has 2 unspecified atom stereocenters. The van der Waals surface area contributed by atoms with Crippen molar-refractivity contribution >= 4 is 11.6 Å². The van der Waals surface area contributed by atoms with E-state index in [-0.39, 0.29) is 17.4 Å². The SMILES string of the molecule is CCC(C)c1[nH]c(=O)c(C(C)CC)nc1Cl. The zero-order valence-corrected chi connectivity index (χ0v) is 11.1. The zero-order chi connectivity index (χ0) is 12.3. The van der Waals surface area contributed by atoms with Crippen LogP contribution < -0.4 is 5.56 Å². The van der Waals surface area contributed by atoms with Gasteiger partial charge in [0.25, 0.3) is 5.56 Å². The molecule has 1 aromatic heterocycles.